The molecule has 11 nitrogen and oxygen atoms in total. The number of carbonyl (C=O) groups excluding carboxylic acids is 1. The Bertz CT molecular complexity index is 2560. The predicted octanol–water partition coefficient (Wildman–Crippen LogP) is 7.91. The van der Waals surface area contributed by atoms with Crippen LogP contribution in [0.5, 0.6) is 0 Å². The van der Waals surface area contributed by atoms with E-state index < -0.39 is 13.2 Å². The van der Waals surface area contributed by atoms with Crippen molar-refractivity contribution in [3.05, 3.63) is 111 Å². The maximum Gasteiger partial charge on any atom is 0.337 e. The fourth-order valence-corrected chi connectivity index (χ4v) is 10.7. The molecule has 0 saturated carbocycles. The lowest BCUT2D eigenvalue weighted by Gasteiger charge is -2.34. The third-order valence-electron chi connectivity index (χ3n) is 11.9. The lowest BCUT2D eigenvalue weighted by atomic mass is 9.91. The van der Waals surface area contributed by atoms with Crippen LogP contribution in [0.3, 0.4) is 0 Å². The zero-order chi connectivity index (χ0) is 39.5. The smallest absolute Gasteiger partial charge is 0.337 e. The van der Waals surface area contributed by atoms with Crippen LogP contribution >= 0.6 is 7.14 Å². The van der Waals surface area contributed by atoms with Crippen molar-refractivity contribution in [3.8, 4) is 22.6 Å². The van der Waals surface area contributed by atoms with Crippen molar-refractivity contribution in [2.45, 2.75) is 66.0 Å². The molecule has 1 fully saturated rings. The highest BCUT2D eigenvalue weighted by molar-refractivity contribution is 7.71. The SMILES string of the molecule is CCP(=O)(CC)c1ccc(-n2ccn(-c3c(-c4cc(C)c(F)c(C)c4)nn4c3C(C)N(C(=O)c3cc5cc(C6CCOCC6)ccc5[nH]3)CC4)c2=O)cc1NC. The molecule has 2 N–H and O–H groups in total. The van der Waals surface area contributed by atoms with E-state index in [0.29, 0.717) is 76.5 Å². The van der Waals surface area contributed by atoms with E-state index in [1.165, 1.54) is 5.56 Å². The second-order valence-corrected chi connectivity index (χ2v) is 18.6. The van der Waals surface area contributed by atoms with Crippen LogP contribution in [-0.4, -0.2) is 73.8 Å². The number of hydrogen-bond acceptors (Lipinski definition) is 6. The third-order valence-corrected chi connectivity index (χ3v) is 15.2. The van der Waals surface area contributed by atoms with Crippen LogP contribution < -0.4 is 16.3 Å². The molecular formula is C43H49FN7O4P. The molecule has 1 saturated heterocycles. The van der Waals surface area contributed by atoms with Crippen molar-refractivity contribution in [3.63, 3.8) is 0 Å². The number of aryl methyl sites for hydroxylation is 2. The van der Waals surface area contributed by atoms with Gasteiger partial charge in [0.1, 0.15) is 30.0 Å². The van der Waals surface area contributed by atoms with E-state index in [0.717, 1.165) is 48.0 Å². The molecule has 3 aromatic heterocycles. The van der Waals surface area contributed by atoms with Gasteiger partial charge in [-0.05, 0) is 105 Å². The van der Waals surface area contributed by atoms with Gasteiger partial charge in [-0.2, -0.15) is 5.10 Å². The molecule has 2 aliphatic rings. The van der Waals surface area contributed by atoms with Crippen LogP contribution in [0.1, 0.15) is 78.4 Å². The number of imidazole rings is 1. The number of rotatable bonds is 9. The Hall–Kier alpha value is -5.19. The van der Waals surface area contributed by atoms with Crippen LogP contribution in [0.4, 0.5) is 10.1 Å². The van der Waals surface area contributed by atoms with Crippen molar-refractivity contribution in [2.24, 2.45) is 0 Å². The van der Waals surface area contributed by atoms with Gasteiger partial charge in [0.15, 0.2) is 0 Å². The topological polar surface area (TPSA) is 119 Å². The number of benzene rings is 3. The molecule has 8 rings (SSSR count). The lowest BCUT2D eigenvalue weighted by Crippen LogP contribution is -2.42. The second-order valence-electron chi connectivity index (χ2n) is 15.1. The van der Waals surface area contributed by atoms with Crippen molar-refractivity contribution in [1.29, 1.82) is 0 Å². The summed E-state index contributed by atoms with van der Waals surface area (Å²) in [5.41, 5.74) is 7.04. The van der Waals surface area contributed by atoms with E-state index in [1.54, 1.807) is 54.6 Å². The van der Waals surface area contributed by atoms with Gasteiger partial charge >= 0.3 is 5.69 Å². The molecule has 0 bridgehead atoms. The van der Waals surface area contributed by atoms with Gasteiger partial charge in [0.2, 0.25) is 0 Å². The van der Waals surface area contributed by atoms with Gasteiger partial charge in [0, 0.05) is 79.0 Å². The molecule has 6 aromatic rings. The Morgan fingerprint density at radius 3 is 2.39 bits per heavy atom. The highest BCUT2D eigenvalue weighted by Crippen LogP contribution is 2.46. The fourth-order valence-electron chi connectivity index (χ4n) is 8.63. The number of ether oxygens (including phenoxy) is 1. The maximum atomic E-state index is 14.9. The zero-order valence-electron chi connectivity index (χ0n) is 32.9. The number of H-pyrrole nitrogens is 1. The number of hydrogen-bond donors (Lipinski definition) is 2. The molecular weight excluding hydrogens is 728 g/mol. The first-order valence-electron chi connectivity index (χ1n) is 19.6. The lowest BCUT2D eigenvalue weighted by molar-refractivity contribution is 0.0631. The number of nitrogens with zero attached hydrogens (tertiary/aromatic N) is 5. The Kier molecular flexibility index (Phi) is 9.91. The number of halogens is 1. The second kappa shape index (κ2) is 14.7. The summed E-state index contributed by atoms with van der Waals surface area (Å²) in [6, 6.07) is 16.9. The quantitative estimate of drug-likeness (QED) is 0.144. The Balaban J connectivity index is 1.21. The summed E-state index contributed by atoms with van der Waals surface area (Å²) in [5, 5.41) is 10.0. The summed E-state index contributed by atoms with van der Waals surface area (Å²) in [6.07, 6.45) is 6.48. The van der Waals surface area contributed by atoms with Gasteiger partial charge < -0.3 is 24.5 Å². The molecule has 0 radical (unpaired) electrons. The first kappa shape index (κ1) is 37.7. The van der Waals surface area contributed by atoms with E-state index in [1.807, 2.05) is 54.6 Å². The largest absolute Gasteiger partial charge is 0.387 e. The number of fused-ring (bicyclic) bond motifs is 2. The number of carbonyl (C=O) groups is 1. The van der Waals surface area contributed by atoms with Gasteiger partial charge in [-0.3, -0.25) is 18.6 Å². The Labute approximate surface area is 325 Å². The average molecular weight is 778 g/mol. The highest BCUT2D eigenvalue weighted by atomic mass is 31.2. The van der Waals surface area contributed by atoms with Crippen LogP contribution in [0.2, 0.25) is 0 Å². The van der Waals surface area contributed by atoms with Crippen LogP contribution in [0.15, 0.2) is 71.8 Å². The highest BCUT2D eigenvalue weighted by Gasteiger charge is 2.36. The van der Waals surface area contributed by atoms with E-state index >= 15 is 0 Å². The monoisotopic (exact) mass is 777 g/mol. The minimum Gasteiger partial charge on any atom is -0.387 e. The van der Waals surface area contributed by atoms with Gasteiger partial charge in [-0.15, -0.1) is 0 Å². The first-order valence-corrected chi connectivity index (χ1v) is 21.6. The van der Waals surface area contributed by atoms with Crippen LogP contribution in [0, 0.1) is 19.7 Å². The summed E-state index contributed by atoms with van der Waals surface area (Å²) in [5.74, 6) is 0.0101. The van der Waals surface area contributed by atoms with Gasteiger partial charge in [-0.1, -0.05) is 19.9 Å². The zero-order valence-corrected chi connectivity index (χ0v) is 33.8. The Morgan fingerprint density at radius 1 is 0.982 bits per heavy atom. The average Bonchev–Trinajstić information content (AvgIpc) is 3.94. The molecule has 13 heteroatoms. The fraction of sp³-hybridized carbons (Fsp3) is 0.372. The van der Waals surface area contributed by atoms with Crippen molar-refractivity contribution in [2.75, 3.05) is 44.4 Å². The molecule has 5 heterocycles. The van der Waals surface area contributed by atoms with E-state index in [-0.39, 0.29) is 17.4 Å². The molecule has 1 amide bonds. The summed E-state index contributed by atoms with van der Waals surface area (Å²) >= 11 is 0. The van der Waals surface area contributed by atoms with E-state index in [9.17, 15) is 18.5 Å². The third kappa shape index (κ3) is 6.33. The van der Waals surface area contributed by atoms with Crippen molar-refractivity contribution < 1.29 is 18.5 Å². The summed E-state index contributed by atoms with van der Waals surface area (Å²) < 4.78 is 39.2. The summed E-state index contributed by atoms with van der Waals surface area (Å²) in [6.45, 7) is 11.6. The molecule has 3 aromatic carbocycles. The minimum atomic E-state index is -2.60. The van der Waals surface area contributed by atoms with E-state index in [4.69, 9.17) is 9.84 Å². The van der Waals surface area contributed by atoms with Crippen molar-refractivity contribution in [1.82, 2.24) is 28.8 Å². The predicted molar refractivity (Wildman–Crippen MR) is 220 cm³/mol. The number of amides is 1. The number of nitrogens with one attached hydrogen (secondary N) is 2. The molecule has 1 unspecified atom stereocenters. The maximum absolute atomic E-state index is 14.9. The molecule has 2 aliphatic heterocycles. The van der Waals surface area contributed by atoms with Gasteiger partial charge in [0.25, 0.3) is 5.91 Å². The van der Waals surface area contributed by atoms with Crippen LogP contribution in [0.25, 0.3) is 33.5 Å². The molecule has 0 aliphatic carbocycles. The van der Waals surface area contributed by atoms with E-state index in [2.05, 4.69) is 28.5 Å². The van der Waals surface area contributed by atoms with Gasteiger partial charge in [0.05, 0.1) is 24.0 Å². The van der Waals surface area contributed by atoms with Gasteiger partial charge in [-0.25, -0.2) is 9.18 Å². The summed E-state index contributed by atoms with van der Waals surface area (Å²) in [7, 11) is -0.812. The molecule has 56 heavy (non-hydrogen) atoms. The standard InChI is InChI=1S/C43H49FN7O4P/c1-7-56(54,8-2)37-12-10-33(25-35(37)45-6)49-15-16-50(43(49)53)41-39(32-21-26(3)38(44)27(4)22-32)47-51-18-17-48(28(5)40(41)51)42(52)36-24-31-23-30(9-11-34(31)46-36)29-13-19-55-20-14-29/h9-12,15-16,21-25,28-29,45-46H,7-8,13-14,17-20H2,1-6H3. The van der Waals surface area contributed by atoms with Crippen LogP contribution in [-0.2, 0) is 15.8 Å². The first-order chi connectivity index (χ1) is 27.0. The van der Waals surface area contributed by atoms with Crippen molar-refractivity contribution >= 4 is 34.9 Å². The molecule has 292 valence electrons. The molecule has 0 spiro atoms. The minimum absolute atomic E-state index is 0.143. The molecule has 1 atom stereocenters. The number of aromatic amines is 1. The summed E-state index contributed by atoms with van der Waals surface area (Å²) in [4.78, 5) is 34.2. The Morgan fingerprint density at radius 2 is 1.70 bits per heavy atom. The normalized spacial score (nSPS) is 16.4. The number of aromatic nitrogens is 5. The number of anilines is 1.